The quantitative estimate of drug-likeness (QED) is 0.610. The first-order valence-electron chi connectivity index (χ1n) is 1.52. The van der Waals surface area contributed by atoms with Crippen LogP contribution in [0.2, 0.25) is 4.13 Å². The van der Waals surface area contributed by atoms with E-state index in [2.05, 4.69) is 6.92 Å². The fraction of sp³-hybridized carbons (Fsp3) is 1.00. The summed E-state index contributed by atoms with van der Waals surface area (Å²) in [5.74, 6) is 0. The zero-order valence-corrected chi connectivity index (χ0v) is 6.34. The van der Waals surface area contributed by atoms with E-state index in [4.69, 9.17) is 0 Å². The summed E-state index contributed by atoms with van der Waals surface area (Å²) in [4.78, 5) is 0. The molecule has 24 valence electrons. The number of hydrogen-bond donors (Lipinski definition) is 0. The molecule has 0 amide bonds. The molecule has 0 heterocycles. The van der Waals surface area contributed by atoms with E-state index in [1.54, 1.807) is 24.7 Å². The van der Waals surface area contributed by atoms with E-state index < -0.39 is 0 Å². The van der Waals surface area contributed by atoms with Gasteiger partial charge in [0.1, 0.15) is 0 Å². The average molecular weight is 252 g/mol. The van der Waals surface area contributed by atoms with Gasteiger partial charge in [0.05, 0.1) is 0 Å². The van der Waals surface area contributed by atoms with E-state index in [0.29, 0.717) is 0 Å². The predicted octanol–water partition coefficient (Wildman–Crippen LogP) is 0.983. The Hall–Kier alpha value is 0.883. The van der Waals surface area contributed by atoms with Crippen molar-refractivity contribution in [3.05, 3.63) is 0 Å². The second-order valence-corrected chi connectivity index (χ2v) is 2.46. The Bertz CT molecular complexity index is 5.25. The molecule has 0 bridgehead atoms. The van der Waals surface area contributed by atoms with Crippen molar-refractivity contribution in [1.82, 2.24) is 0 Å². The van der Waals surface area contributed by atoms with E-state index in [1.165, 1.54) is 10.5 Å². The molecule has 0 spiro atoms. The molecule has 0 aliphatic heterocycles. The summed E-state index contributed by atoms with van der Waals surface area (Å²) < 4.78 is 1.43. The van der Waals surface area contributed by atoms with Crippen molar-refractivity contribution in [3.63, 3.8) is 0 Å². The molecule has 0 aromatic carbocycles. The van der Waals surface area contributed by atoms with Gasteiger partial charge in [0.2, 0.25) is 0 Å². The Morgan fingerprint density at radius 3 is 2.00 bits per heavy atom. The molecule has 0 saturated carbocycles. The molecule has 0 saturated heterocycles. The van der Waals surface area contributed by atoms with E-state index in [1.807, 2.05) is 0 Å². The minimum absolute atomic E-state index is 1.37. The van der Waals surface area contributed by atoms with Crippen LogP contribution in [0.1, 0.15) is 13.3 Å². The third-order valence-electron chi connectivity index (χ3n) is 0.224. The molecule has 0 unspecified atom stereocenters. The second-order valence-electron chi connectivity index (χ2n) is 0.724. The van der Waals surface area contributed by atoms with Crippen molar-refractivity contribution in [1.29, 1.82) is 0 Å². The maximum absolute atomic E-state index is 2.21. The fourth-order valence-electron chi connectivity index (χ4n) is 0. The zero-order valence-electron chi connectivity index (χ0n) is 2.86. The molecule has 0 aliphatic rings. The van der Waals surface area contributed by atoms with E-state index >= 15 is 0 Å². The van der Waals surface area contributed by atoms with Crippen LogP contribution in [-0.4, -0.2) is 24.7 Å². The van der Waals surface area contributed by atoms with Crippen molar-refractivity contribution < 1.29 is 0 Å². The summed E-state index contributed by atoms with van der Waals surface area (Å²) in [6, 6.07) is 0. The minimum atomic E-state index is 1.37. The van der Waals surface area contributed by atoms with E-state index in [9.17, 15) is 0 Å². The van der Waals surface area contributed by atoms with Gasteiger partial charge in [-0.3, -0.25) is 0 Å². The van der Waals surface area contributed by atoms with Crippen molar-refractivity contribution >= 4 is 24.7 Å². The van der Waals surface area contributed by atoms with Crippen molar-refractivity contribution in [2.45, 2.75) is 17.5 Å². The van der Waals surface area contributed by atoms with Crippen LogP contribution >= 0.6 is 0 Å². The van der Waals surface area contributed by atoms with Crippen LogP contribution in [0.4, 0.5) is 0 Å². The van der Waals surface area contributed by atoms with Gasteiger partial charge in [-0.25, -0.2) is 0 Å². The molecule has 2 radical (unpaired) electrons. The molecule has 0 N–H and O–H groups in total. The van der Waals surface area contributed by atoms with Gasteiger partial charge in [0.25, 0.3) is 0 Å². The van der Waals surface area contributed by atoms with Gasteiger partial charge < -0.3 is 0 Å². The maximum atomic E-state index is 2.21. The molecule has 0 fully saturated rings. The summed E-state index contributed by atoms with van der Waals surface area (Å²) in [5, 5.41) is 0. The molecule has 0 aromatic heterocycles. The van der Waals surface area contributed by atoms with Gasteiger partial charge in [0.15, 0.2) is 0 Å². The van der Waals surface area contributed by atoms with Gasteiger partial charge in [0, 0.05) is 0 Å². The Balaban J connectivity index is 1.97. The van der Waals surface area contributed by atoms with Crippen LogP contribution in [0, 0.1) is 0 Å². The van der Waals surface area contributed by atoms with Crippen molar-refractivity contribution in [2.24, 2.45) is 0 Å². The monoisotopic (exact) mass is 252 g/mol. The van der Waals surface area contributed by atoms with Gasteiger partial charge >= 0.3 is 42.2 Å². The third kappa shape index (κ3) is 2.88. The normalized spacial score (nSPS) is 7.50. The Labute approximate surface area is 42.4 Å². The SMILES string of the molecule is CC[CH2][Bi]. The van der Waals surface area contributed by atoms with Crippen molar-refractivity contribution in [3.8, 4) is 0 Å². The molecule has 0 atom stereocenters. The van der Waals surface area contributed by atoms with Gasteiger partial charge in [-0.05, 0) is 0 Å². The molecular formula is C3H7Bi. The summed E-state index contributed by atoms with van der Waals surface area (Å²) in [7, 11) is 0. The Morgan fingerprint density at radius 2 is 2.00 bits per heavy atom. The van der Waals surface area contributed by atoms with E-state index in [0.717, 1.165) is 0 Å². The topological polar surface area (TPSA) is 0 Å². The van der Waals surface area contributed by atoms with Crippen LogP contribution in [0.25, 0.3) is 0 Å². The molecule has 0 rings (SSSR count). The zero-order chi connectivity index (χ0) is 3.41. The molecule has 0 aromatic rings. The van der Waals surface area contributed by atoms with Crippen LogP contribution < -0.4 is 0 Å². The second kappa shape index (κ2) is 3.88. The molecule has 1 heteroatoms. The summed E-state index contributed by atoms with van der Waals surface area (Å²) in [6.07, 6.45) is 1.37. The first-order valence-corrected chi connectivity index (χ1v) is 3.98. The van der Waals surface area contributed by atoms with Crippen molar-refractivity contribution in [2.75, 3.05) is 0 Å². The average Bonchev–Trinajstić information content (AvgIpc) is 1.37. The van der Waals surface area contributed by atoms with E-state index in [-0.39, 0.29) is 0 Å². The number of hydrogen-bond acceptors (Lipinski definition) is 0. The first kappa shape index (κ1) is 4.88. The standard InChI is InChI=1S/C3H7.Bi/c1-3-2;/h1,3H2,2H3;. The van der Waals surface area contributed by atoms with Gasteiger partial charge in [-0.1, -0.05) is 0 Å². The van der Waals surface area contributed by atoms with Crippen LogP contribution in [0.5, 0.6) is 0 Å². The van der Waals surface area contributed by atoms with Crippen LogP contribution in [-0.2, 0) is 0 Å². The van der Waals surface area contributed by atoms with Crippen LogP contribution in [0.15, 0.2) is 0 Å². The molecular weight excluding hydrogens is 245 g/mol. The summed E-state index contributed by atoms with van der Waals surface area (Å²) >= 11 is 1.55. The summed E-state index contributed by atoms with van der Waals surface area (Å²) in [5.41, 5.74) is 0. The summed E-state index contributed by atoms with van der Waals surface area (Å²) in [6.45, 7) is 2.21. The Kier molecular flexibility index (Phi) is 4.74. The first-order chi connectivity index (χ1) is 1.91. The van der Waals surface area contributed by atoms with Gasteiger partial charge in [-0.15, -0.1) is 0 Å². The Morgan fingerprint density at radius 1 is 1.75 bits per heavy atom. The number of rotatable bonds is 1. The van der Waals surface area contributed by atoms with Crippen LogP contribution in [0.3, 0.4) is 0 Å². The molecule has 0 nitrogen and oxygen atoms in total. The predicted molar refractivity (Wildman–Crippen MR) is 20.9 cm³/mol. The molecule has 0 aliphatic carbocycles. The molecule has 4 heavy (non-hydrogen) atoms. The third-order valence-corrected chi connectivity index (χ3v) is 1.96. The fourth-order valence-corrected chi connectivity index (χ4v) is 0. The van der Waals surface area contributed by atoms with Gasteiger partial charge in [-0.2, -0.15) is 0 Å².